The van der Waals surface area contributed by atoms with E-state index >= 15 is 0 Å². The second kappa shape index (κ2) is 5.22. The molecule has 0 fully saturated rings. The van der Waals surface area contributed by atoms with E-state index in [0.717, 1.165) is 5.69 Å². The second-order valence-corrected chi connectivity index (χ2v) is 5.48. The molecule has 0 atom stereocenters. The van der Waals surface area contributed by atoms with Crippen molar-refractivity contribution in [1.29, 1.82) is 0 Å². The Kier molecular flexibility index (Phi) is 3.64. The van der Waals surface area contributed by atoms with E-state index in [1.165, 1.54) is 10.2 Å². The minimum Gasteiger partial charge on any atom is -0.324 e. The first-order valence-electron chi connectivity index (χ1n) is 6.20. The van der Waals surface area contributed by atoms with Gasteiger partial charge in [-0.2, -0.15) is 0 Å². The van der Waals surface area contributed by atoms with Gasteiger partial charge < -0.3 is 5.32 Å². The van der Waals surface area contributed by atoms with Crippen LogP contribution in [-0.4, -0.2) is 20.9 Å². The highest BCUT2D eigenvalue weighted by Gasteiger charge is 2.13. The third-order valence-electron chi connectivity index (χ3n) is 2.81. The van der Waals surface area contributed by atoms with Crippen molar-refractivity contribution in [3.05, 3.63) is 42.2 Å². The van der Waals surface area contributed by atoms with Crippen LogP contribution in [0.4, 0.5) is 5.69 Å². The molecule has 0 aliphatic heterocycles. The van der Waals surface area contributed by atoms with Crippen LogP contribution in [0, 0.1) is 0 Å². The number of hydrogen-bond acceptors (Lipinski definition) is 3. The molecule has 0 aliphatic rings. The lowest BCUT2D eigenvalue weighted by atomic mass is 9.87. The van der Waals surface area contributed by atoms with E-state index in [1.54, 1.807) is 12.4 Å². The summed E-state index contributed by atoms with van der Waals surface area (Å²) in [7, 11) is 0. The van der Waals surface area contributed by atoms with Crippen molar-refractivity contribution in [3.8, 4) is 0 Å². The lowest BCUT2D eigenvalue weighted by Crippen LogP contribution is -2.19. The molecule has 100 valence electrons. The molecule has 0 saturated carbocycles. The summed E-state index contributed by atoms with van der Waals surface area (Å²) < 4.78 is 1.48. The van der Waals surface area contributed by atoms with Crippen LogP contribution in [0.25, 0.3) is 0 Å². The van der Waals surface area contributed by atoms with Gasteiger partial charge >= 0.3 is 0 Å². The molecule has 1 aromatic carbocycles. The van der Waals surface area contributed by atoms with Crippen molar-refractivity contribution >= 4 is 11.6 Å². The fraction of sp³-hybridized carbons (Fsp3) is 0.357. The average molecular weight is 258 g/mol. The lowest BCUT2D eigenvalue weighted by molar-refractivity contribution is -0.116. The molecule has 0 aliphatic carbocycles. The van der Waals surface area contributed by atoms with Gasteiger partial charge in [0, 0.05) is 11.9 Å². The molecular weight excluding hydrogens is 240 g/mol. The number of aromatic nitrogens is 3. The number of nitrogens with one attached hydrogen (secondary N) is 1. The highest BCUT2D eigenvalue weighted by atomic mass is 16.2. The maximum Gasteiger partial charge on any atom is 0.246 e. The first kappa shape index (κ1) is 13.3. The molecule has 2 rings (SSSR count). The molecule has 1 heterocycles. The molecule has 0 saturated heterocycles. The van der Waals surface area contributed by atoms with Crippen molar-refractivity contribution in [2.75, 3.05) is 5.32 Å². The fourth-order valence-electron chi connectivity index (χ4n) is 1.72. The molecule has 5 heteroatoms. The van der Waals surface area contributed by atoms with E-state index in [0.29, 0.717) is 0 Å². The van der Waals surface area contributed by atoms with Crippen molar-refractivity contribution in [1.82, 2.24) is 15.0 Å². The highest BCUT2D eigenvalue weighted by Crippen LogP contribution is 2.23. The standard InChI is InChI=1S/C14H18N4O/c1-14(2,3)11-4-6-12(7-5-11)16-13(19)10-18-9-8-15-17-18/h4-9H,10H2,1-3H3,(H,16,19). The Morgan fingerprint density at radius 2 is 1.95 bits per heavy atom. The molecule has 2 aromatic rings. The van der Waals surface area contributed by atoms with Crippen LogP contribution in [0.3, 0.4) is 0 Å². The van der Waals surface area contributed by atoms with Gasteiger partial charge in [-0.25, -0.2) is 4.68 Å². The van der Waals surface area contributed by atoms with Crippen molar-refractivity contribution < 1.29 is 4.79 Å². The van der Waals surface area contributed by atoms with E-state index in [-0.39, 0.29) is 17.9 Å². The molecule has 1 aromatic heterocycles. The Balaban J connectivity index is 1.98. The molecule has 0 unspecified atom stereocenters. The SMILES string of the molecule is CC(C)(C)c1ccc(NC(=O)Cn2ccnn2)cc1. The Morgan fingerprint density at radius 3 is 2.47 bits per heavy atom. The summed E-state index contributed by atoms with van der Waals surface area (Å²) in [5.74, 6) is -0.117. The summed E-state index contributed by atoms with van der Waals surface area (Å²) in [6.07, 6.45) is 3.20. The summed E-state index contributed by atoms with van der Waals surface area (Å²) in [5.41, 5.74) is 2.14. The van der Waals surface area contributed by atoms with Gasteiger partial charge in [0.25, 0.3) is 0 Å². The van der Waals surface area contributed by atoms with Gasteiger partial charge in [-0.05, 0) is 23.1 Å². The second-order valence-electron chi connectivity index (χ2n) is 5.48. The number of amides is 1. The minimum absolute atomic E-state index is 0.114. The average Bonchev–Trinajstić information content (AvgIpc) is 2.81. The zero-order chi connectivity index (χ0) is 13.9. The van der Waals surface area contributed by atoms with Crippen molar-refractivity contribution in [2.45, 2.75) is 32.7 Å². The van der Waals surface area contributed by atoms with Crippen LogP contribution in [0.15, 0.2) is 36.7 Å². The zero-order valence-corrected chi connectivity index (χ0v) is 11.4. The monoisotopic (exact) mass is 258 g/mol. The lowest BCUT2D eigenvalue weighted by Gasteiger charge is -2.19. The van der Waals surface area contributed by atoms with Crippen LogP contribution >= 0.6 is 0 Å². The number of hydrogen-bond donors (Lipinski definition) is 1. The van der Waals surface area contributed by atoms with E-state index in [4.69, 9.17) is 0 Å². The molecule has 5 nitrogen and oxygen atoms in total. The largest absolute Gasteiger partial charge is 0.324 e. The zero-order valence-electron chi connectivity index (χ0n) is 11.4. The van der Waals surface area contributed by atoms with Gasteiger partial charge in [0.1, 0.15) is 6.54 Å². The van der Waals surface area contributed by atoms with E-state index < -0.39 is 0 Å². The predicted octanol–water partition coefficient (Wildman–Crippen LogP) is 2.21. The maximum atomic E-state index is 11.8. The molecule has 0 radical (unpaired) electrons. The first-order valence-corrected chi connectivity index (χ1v) is 6.20. The summed E-state index contributed by atoms with van der Waals surface area (Å²) in [6.45, 7) is 6.64. The normalized spacial score (nSPS) is 11.3. The van der Waals surface area contributed by atoms with Crippen LogP contribution in [-0.2, 0) is 16.8 Å². The number of anilines is 1. The molecular formula is C14H18N4O. The molecule has 19 heavy (non-hydrogen) atoms. The van der Waals surface area contributed by atoms with E-state index in [9.17, 15) is 4.79 Å². The Labute approximate surface area is 112 Å². The van der Waals surface area contributed by atoms with Gasteiger partial charge in [0.05, 0.1) is 6.20 Å². The minimum atomic E-state index is -0.117. The maximum absolute atomic E-state index is 11.8. The fourth-order valence-corrected chi connectivity index (χ4v) is 1.72. The first-order chi connectivity index (χ1) is 8.95. The van der Waals surface area contributed by atoms with Crippen LogP contribution in [0.2, 0.25) is 0 Å². The summed E-state index contributed by atoms with van der Waals surface area (Å²) >= 11 is 0. The van der Waals surface area contributed by atoms with Crippen LogP contribution in [0.5, 0.6) is 0 Å². The van der Waals surface area contributed by atoms with Gasteiger partial charge in [-0.3, -0.25) is 4.79 Å². The quantitative estimate of drug-likeness (QED) is 0.918. The number of carbonyl (C=O) groups is 1. The Morgan fingerprint density at radius 1 is 1.26 bits per heavy atom. The summed E-state index contributed by atoms with van der Waals surface area (Å²) in [4.78, 5) is 11.8. The summed E-state index contributed by atoms with van der Waals surface area (Å²) in [5, 5.41) is 10.2. The van der Waals surface area contributed by atoms with E-state index in [2.05, 4.69) is 36.4 Å². The highest BCUT2D eigenvalue weighted by molar-refractivity contribution is 5.90. The van der Waals surface area contributed by atoms with Gasteiger partial charge in [0.15, 0.2) is 0 Å². The van der Waals surface area contributed by atoms with Gasteiger partial charge in [-0.15, -0.1) is 5.10 Å². The Hall–Kier alpha value is -2.17. The Bertz CT molecular complexity index is 538. The predicted molar refractivity (Wildman–Crippen MR) is 73.8 cm³/mol. The number of carbonyl (C=O) groups excluding carboxylic acids is 1. The molecule has 1 amide bonds. The van der Waals surface area contributed by atoms with E-state index in [1.807, 2.05) is 24.3 Å². The number of rotatable bonds is 3. The van der Waals surface area contributed by atoms with Gasteiger partial charge in [-0.1, -0.05) is 38.1 Å². The van der Waals surface area contributed by atoms with Crippen molar-refractivity contribution in [2.24, 2.45) is 0 Å². The smallest absolute Gasteiger partial charge is 0.246 e. The van der Waals surface area contributed by atoms with Crippen LogP contribution < -0.4 is 5.32 Å². The molecule has 1 N–H and O–H groups in total. The molecule has 0 spiro atoms. The third-order valence-corrected chi connectivity index (χ3v) is 2.81. The molecule has 0 bridgehead atoms. The number of nitrogens with zero attached hydrogens (tertiary/aromatic N) is 3. The number of benzene rings is 1. The summed E-state index contributed by atoms with van der Waals surface area (Å²) in [6, 6.07) is 7.90. The van der Waals surface area contributed by atoms with Crippen LogP contribution in [0.1, 0.15) is 26.3 Å². The van der Waals surface area contributed by atoms with Crippen molar-refractivity contribution in [3.63, 3.8) is 0 Å². The van der Waals surface area contributed by atoms with Gasteiger partial charge in [0.2, 0.25) is 5.91 Å². The topological polar surface area (TPSA) is 59.8 Å². The third kappa shape index (κ3) is 3.64.